The Morgan fingerprint density at radius 1 is 1.24 bits per heavy atom. The fourth-order valence-corrected chi connectivity index (χ4v) is 2.24. The topological polar surface area (TPSA) is 49.3 Å². The molecule has 2 rings (SSSR count). The van der Waals surface area contributed by atoms with Gasteiger partial charge in [0.1, 0.15) is 5.75 Å². The van der Waals surface area contributed by atoms with Gasteiger partial charge < -0.3 is 10.4 Å². The largest absolute Gasteiger partial charge is 0.507 e. The number of amides is 1. The molecule has 0 saturated carbocycles. The predicted molar refractivity (Wildman–Crippen MR) is 86.3 cm³/mol. The van der Waals surface area contributed by atoms with Crippen molar-refractivity contribution >= 4 is 23.2 Å². The number of aryl methyl sites for hydroxylation is 2. The van der Waals surface area contributed by atoms with Gasteiger partial charge in [0.05, 0.1) is 5.56 Å². The molecule has 0 radical (unpaired) electrons. The van der Waals surface area contributed by atoms with Crippen molar-refractivity contribution in [3.63, 3.8) is 0 Å². The van der Waals surface area contributed by atoms with Crippen molar-refractivity contribution in [2.24, 2.45) is 0 Å². The van der Waals surface area contributed by atoms with Crippen molar-refractivity contribution in [1.29, 1.82) is 0 Å². The summed E-state index contributed by atoms with van der Waals surface area (Å²) in [5.41, 5.74) is 3.02. The molecule has 3 nitrogen and oxygen atoms in total. The Morgan fingerprint density at radius 3 is 2.76 bits per heavy atom. The van der Waals surface area contributed by atoms with Gasteiger partial charge in [-0.15, -0.1) is 11.6 Å². The average Bonchev–Trinajstić information content (AvgIpc) is 2.45. The van der Waals surface area contributed by atoms with Crippen molar-refractivity contribution in [3.8, 4) is 5.75 Å². The van der Waals surface area contributed by atoms with E-state index in [0.29, 0.717) is 11.6 Å². The third-order valence-electron chi connectivity index (χ3n) is 3.18. The van der Waals surface area contributed by atoms with E-state index >= 15 is 0 Å². The summed E-state index contributed by atoms with van der Waals surface area (Å²) in [6.45, 7) is 1.86. The van der Waals surface area contributed by atoms with Crippen molar-refractivity contribution < 1.29 is 9.90 Å². The summed E-state index contributed by atoms with van der Waals surface area (Å²) in [5.74, 6) is 0.293. The van der Waals surface area contributed by atoms with Gasteiger partial charge in [0.15, 0.2) is 0 Å². The Hall–Kier alpha value is -2.00. The lowest BCUT2D eigenvalue weighted by atomic mass is 10.1. The van der Waals surface area contributed by atoms with E-state index in [0.717, 1.165) is 24.0 Å². The lowest BCUT2D eigenvalue weighted by Crippen LogP contribution is -2.12. The molecule has 0 aliphatic heterocycles. The molecule has 2 aromatic carbocycles. The van der Waals surface area contributed by atoms with Gasteiger partial charge in [-0.1, -0.05) is 18.2 Å². The number of hydrogen-bond donors (Lipinski definition) is 2. The van der Waals surface area contributed by atoms with Crippen LogP contribution in [0.5, 0.6) is 5.75 Å². The number of hydrogen-bond acceptors (Lipinski definition) is 2. The molecule has 0 atom stereocenters. The average molecular weight is 304 g/mol. The van der Waals surface area contributed by atoms with Crippen LogP contribution in [0.2, 0.25) is 0 Å². The lowest BCUT2D eigenvalue weighted by Gasteiger charge is -2.09. The Bertz CT molecular complexity index is 640. The molecule has 0 spiro atoms. The van der Waals surface area contributed by atoms with Crippen molar-refractivity contribution in [3.05, 3.63) is 59.2 Å². The molecular formula is C17H18ClNO2. The van der Waals surface area contributed by atoms with Gasteiger partial charge in [-0.05, 0) is 55.2 Å². The molecule has 0 aliphatic carbocycles. The molecule has 1 amide bonds. The monoisotopic (exact) mass is 303 g/mol. The standard InChI is InChI=1S/C17H18ClNO2/c1-12-7-8-15(16(20)10-12)17(21)19-14-6-2-4-13(11-14)5-3-9-18/h2,4,6-8,10-11,20H,3,5,9H2,1H3,(H,19,21). The minimum atomic E-state index is -0.318. The predicted octanol–water partition coefficient (Wildman–Crippen LogP) is 4.12. The van der Waals surface area contributed by atoms with E-state index in [1.54, 1.807) is 18.2 Å². The van der Waals surface area contributed by atoms with Crippen molar-refractivity contribution in [2.45, 2.75) is 19.8 Å². The molecule has 0 unspecified atom stereocenters. The van der Waals surface area contributed by atoms with Gasteiger partial charge in [-0.2, -0.15) is 0 Å². The van der Waals surface area contributed by atoms with E-state index in [-0.39, 0.29) is 17.2 Å². The Balaban J connectivity index is 2.12. The summed E-state index contributed by atoms with van der Waals surface area (Å²) in [6.07, 6.45) is 1.78. The number of alkyl halides is 1. The highest BCUT2D eigenvalue weighted by atomic mass is 35.5. The fraction of sp³-hybridized carbons (Fsp3) is 0.235. The zero-order valence-corrected chi connectivity index (χ0v) is 12.7. The number of aromatic hydroxyl groups is 1. The highest BCUT2D eigenvalue weighted by Gasteiger charge is 2.11. The van der Waals surface area contributed by atoms with E-state index in [2.05, 4.69) is 5.32 Å². The van der Waals surface area contributed by atoms with Crippen LogP contribution in [0.15, 0.2) is 42.5 Å². The van der Waals surface area contributed by atoms with Gasteiger partial charge in [0, 0.05) is 11.6 Å². The molecule has 2 aromatic rings. The fourth-order valence-electron chi connectivity index (χ4n) is 2.11. The normalized spacial score (nSPS) is 10.4. The molecule has 0 saturated heterocycles. The SMILES string of the molecule is Cc1ccc(C(=O)Nc2cccc(CCCCl)c2)c(O)c1. The molecule has 0 fully saturated rings. The number of carbonyl (C=O) groups is 1. The lowest BCUT2D eigenvalue weighted by molar-refractivity contribution is 0.102. The second-order valence-corrected chi connectivity index (χ2v) is 5.35. The molecule has 2 N–H and O–H groups in total. The van der Waals surface area contributed by atoms with Crippen LogP contribution in [0.25, 0.3) is 0 Å². The molecule has 4 heteroatoms. The van der Waals surface area contributed by atoms with Crippen LogP contribution < -0.4 is 5.32 Å². The highest BCUT2D eigenvalue weighted by molar-refractivity contribution is 6.17. The number of benzene rings is 2. The zero-order valence-electron chi connectivity index (χ0n) is 11.9. The number of phenols is 1. The number of rotatable bonds is 5. The number of carbonyl (C=O) groups excluding carboxylic acids is 1. The number of nitrogens with one attached hydrogen (secondary N) is 1. The number of halogens is 1. The van der Waals surface area contributed by atoms with Gasteiger partial charge in [0.25, 0.3) is 5.91 Å². The third-order valence-corrected chi connectivity index (χ3v) is 3.45. The van der Waals surface area contributed by atoms with Crippen LogP contribution in [0.3, 0.4) is 0 Å². The van der Waals surface area contributed by atoms with E-state index < -0.39 is 0 Å². The first-order chi connectivity index (χ1) is 10.1. The molecule has 110 valence electrons. The van der Waals surface area contributed by atoms with Crippen LogP contribution in [0, 0.1) is 6.92 Å². The van der Waals surface area contributed by atoms with E-state index in [1.807, 2.05) is 31.2 Å². The summed E-state index contributed by atoms with van der Waals surface area (Å²) < 4.78 is 0. The van der Waals surface area contributed by atoms with Gasteiger partial charge in [0.2, 0.25) is 0 Å². The van der Waals surface area contributed by atoms with Gasteiger partial charge in [-0.25, -0.2) is 0 Å². The molecule has 0 aliphatic rings. The molecule has 0 aromatic heterocycles. The van der Waals surface area contributed by atoms with E-state index in [4.69, 9.17) is 11.6 Å². The number of anilines is 1. The molecular weight excluding hydrogens is 286 g/mol. The van der Waals surface area contributed by atoms with Gasteiger partial charge >= 0.3 is 0 Å². The van der Waals surface area contributed by atoms with Crippen LogP contribution in [0.1, 0.15) is 27.9 Å². The molecule has 0 bridgehead atoms. The van der Waals surface area contributed by atoms with E-state index in [9.17, 15) is 9.90 Å². The summed E-state index contributed by atoms with van der Waals surface area (Å²) in [5, 5.41) is 12.6. The Kier molecular flexibility index (Phi) is 5.23. The summed E-state index contributed by atoms with van der Waals surface area (Å²) in [7, 11) is 0. The van der Waals surface area contributed by atoms with Crippen LogP contribution in [-0.2, 0) is 6.42 Å². The Morgan fingerprint density at radius 2 is 2.05 bits per heavy atom. The second kappa shape index (κ2) is 7.14. The summed E-state index contributed by atoms with van der Waals surface area (Å²) >= 11 is 5.69. The van der Waals surface area contributed by atoms with E-state index in [1.165, 1.54) is 0 Å². The smallest absolute Gasteiger partial charge is 0.259 e. The Labute approximate surface area is 129 Å². The maximum Gasteiger partial charge on any atom is 0.259 e. The van der Waals surface area contributed by atoms with Gasteiger partial charge in [-0.3, -0.25) is 4.79 Å². The first-order valence-corrected chi connectivity index (χ1v) is 7.39. The third kappa shape index (κ3) is 4.23. The maximum atomic E-state index is 12.2. The molecule has 0 heterocycles. The first-order valence-electron chi connectivity index (χ1n) is 6.86. The number of phenolic OH excluding ortho intramolecular Hbond substituents is 1. The zero-order chi connectivity index (χ0) is 15.2. The highest BCUT2D eigenvalue weighted by Crippen LogP contribution is 2.20. The summed E-state index contributed by atoms with van der Waals surface area (Å²) in [4.78, 5) is 12.2. The van der Waals surface area contributed by atoms with Crippen molar-refractivity contribution in [1.82, 2.24) is 0 Å². The second-order valence-electron chi connectivity index (χ2n) is 4.97. The summed E-state index contributed by atoms with van der Waals surface area (Å²) in [6, 6.07) is 12.7. The first kappa shape index (κ1) is 15.4. The quantitative estimate of drug-likeness (QED) is 0.816. The van der Waals surface area contributed by atoms with Crippen LogP contribution >= 0.6 is 11.6 Å². The van der Waals surface area contributed by atoms with Crippen LogP contribution in [-0.4, -0.2) is 16.9 Å². The van der Waals surface area contributed by atoms with Crippen molar-refractivity contribution in [2.75, 3.05) is 11.2 Å². The van der Waals surface area contributed by atoms with Crippen LogP contribution in [0.4, 0.5) is 5.69 Å². The minimum absolute atomic E-state index is 0.00852. The molecule has 21 heavy (non-hydrogen) atoms. The minimum Gasteiger partial charge on any atom is -0.507 e. The maximum absolute atomic E-state index is 12.2.